The van der Waals surface area contributed by atoms with E-state index in [1.54, 1.807) is 10.7 Å². The molecule has 0 aliphatic rings. The number of furan rings is 1. The lowest BCUT2D eigenvalue weighted by Crippen LogP contribution is -2.24. The highest BCUT2D eigenvalue weighted by molar-refractivity contribution is 5.95. The molecule has 0 aliphatic heterocycles. The van der Waals surface area contributed by atoms with Crippen LogP contribution >= 0.6 is 0 Å². The molecule has 1 amide bonds. The fraction of sp³-hybridized carbons (Fsp3) is 0.111. The number of aromatic nitrogens is 4. The number of hydrogen-bond acceptors (Lipinski definition) is 5. The van der Waals surface area contributed by atoms with Crippen molar-refractivity contribution in [3.05, 3.63) is 71.7 Å². The topological polar surface area (TPSA) is 85.8 Å². The predicted molar refractivity (Wildman–Crippen MR) is 91.3 cm³/mol. The molecule has 124 valence electrons. The van der Waals surface area contributed by atoms with Gasteiger partial charge in [-0.05, 0) is 41.6 Å². The van der Waals surface area contributed by atoms with Crippen molar-refractivity contribution < 1.29 is 9.21 Å². The molecule has 0 unspecified atom stereocenters. The number of benzene rings is 2. The molecule has 2 heterocycles. The lowest BCUT2D eigenvalue weighted by atomic mass is 10.2. The largest absolute Gasteiger partial charge is 0.451 e. The average molecular weight is 333 g/mol. The van der Waals surface area contributed by atoms with E-state index in [1.165, 1.54) is 0 Å². The Kier molecular flexibility index (Phi) is 3.74. The Morgan fingerprint density at radius 1 is 1.16 bits per heavy atom. The van der Waals surface area contributed by atoms with Crippen LogP contribution in [0.3, 0.4) is 0 Å². The fourth-order valence-electron chi connectivity index (χ4n) is 2.54. The van der Waals surface area contributed by atoms with Crippen molar-refractivity contribution in [3.63, 3.8) is 0 Å². The van der Waals surface area contributed by atoms with Crippen LogP contribution in [0.25, 0.3) is 16.7 Å². The Bertz CT molecular complexity index is 1000. The van der Waals surface area contributed by atoms with Gasteiger partial charge in [-0.2, -0.15) is 4.68 Å². The zero-order chi connectivity index (χ0) is 17.2. The first-order valence-corrected chi connectivity index (χ1v) is 7.82. The third kappa shape index (κ3) is 2.99. The van der Waals surface area contributed by atoms with Crippen LogP contribution in [0, 0.1) is 6.92 Å². The lowest BCUT2D eigenvalue weighted by Gasteiger charge is -2.05. The summed E-state index contributed by atoms with van der Waals surface area (Å²) in [5.74, 6) is 0.485. The van der Waals surface area contributed by atoms with E-state index in [2.05, 4.69) is 20.8 Å². The second-order valence-electron chi connectivity index (χ2n) is 5.67. The summed E-state index contributed by atoms with van der Waals surface area (Å²) in [6, 6.07) is 17.0. The van der Waals surface area contributed by atoms with Gasteiger partial charge < -0.3 is 9.73 Å². The summed E-state index contributed by atoms with van der Waals surface area (Å²) in [7, 11) is 0. The number of rotatable bonds is 4. The van der Waals surface area contributed by atoms with E-state index < -0.39 is 0 Å². The van der Waals surface area contributed by atoms with Crippen molar-refractivity contribution in [1.29, 1.82) is 0 Å². The Morgan fingerprint density at radius 3 is 2.76 bits per heavy atom. The molecule has 2 aromatic heterocycles. The van der Waals surface area contributed by atoms with E-state index in [0.717, 1.165) is 16.6 Å². The first kappa shape index (κ1) is 15.1. The number of nitrogens with zero attached hydrogens (tertiary/aromatic N) is 4. The van der Waals surface area contributed by atoms with E-state index >= 15 is 0 Å². The molecular formula is C18H15N5O2. The van der Waals surface area contributed by atoms with Crippen LogP contribution in [0.2, 0.25) is 0 Å². The number of fused-ring (bicyclic) bond motifs is 1. The summed E-state index contributed by atoms with van der Waals surface area (Å²) in [5, 5.41) is 15.3. The molecular weight excluding hydrogens is 318 g/mol. The zero-order valence-electron chi connectivity index (χ0n) is 13.5. The van der Waals surface area contributed by atoms with Crippen molar-refractivity contribution in [2.45, 2.75) is 13.5 Å². The zero-order valence-corrected chi connectivity index (χ0v) is 13.5. The van der Waals surface area contributed by atoms with Crippen LogP contribution in [0.4, 0.5) is 0 Å². The third-order valence-corrected chi connectivity index (χ3v) is 3.87. The summed E-state index contributed by atoms with van der Waals surface area (Å²) in [4.78, 5) is 12.3. The molecule has 2 aromatic carbocycles. The molecule has 0 bridgehead atoms. The Labute approximate surface area is 143 Å². The minimum atomic E-state index is -0.311. The summed E-state index contributed by atoms with van der Waals surface area (Å²) in [5.41, 5.74) is 2.66. The maximum absolute atomic E-state index is 12.3. The fourth-order valence-corrected chi connectivity index (χ4v) is 2.54. The van der Waals surface area contributed by atoms with Crippen molar-refractivity contribution in [3.8, 4) is 5.69 Å². The van der Waals surface area contributed by atoms with Gasteiger partial charge in [0.1, 0.15) is 5.58 Å². The minimum Gasteiger partial charge on any atom is -0.451 e. The first-order chi connectivity index (χ1) is 12.2. The molecule has 0 fully saturated rings. The molecule has 0 radical (unpaired) electrons. The molecule has 0 aliphatic carbocycles. The highest BCUT2D eigenvalue weighted by atomic mass is 16.3. The highest BCUT2D eigenvalue weighted by Gasteiger charge is 2.14. The maximum atomic E-state index is 12.3. The first-order valence-electron chi connectivity index (χ1n) is 7.82. The average Bonchev–Trinajstić information content (AvgIpc) is 3.27. The van der Waals surface area contributed by atoms with Gasteiger partial charge in [-0.1, -0.05) is 35.9 Å². The molecule has 0 saturated heterocycles. The van der Waals surface area contributed by atoms with E-state index in [4.69, 9.17) is 4.42 Å². The van der Waals surface area contributed by atoms with Gasteiger partial charge in [-0.25, -0.2) is 0 Å². The predicted octanol–water partition coefficient (Wildman–Crippen LogP) is 2.65. The number of para-hydroxylation sites is 1. The lowest BCUT2D eigenvalue weighted by molar-refractivity contribution is 0.0924. The van der Waals surface area contributed by atoms with Crippen molar-refractivity contribution >= 4 is 16.9 Å². The van der Waals surface area contributed by atoms with Gasteiger partial charge in [-0.15, -0.1) is 5.10 Å². The molecule has 25 heavy (non-hydrogen) atoms. The second kappa shape index (κ2) is 6.20. The molecule has 0 saturated carbocycles. The van der Waals surface area contributed by atoms with Crippen molar-refractivity contribution in [2.75, 3.05) is 0 Å². The molecule has 0 spiro atoms. The van der Waals surface area contributed by atoms with Gasteiger partial charge in [-0.3, -0.25) is 4.79 Å². The molecule has 0 atom stereocenters. The number of tetrazole rings is 1. The molecule has 4 rings (SSSR count). The van der Waals surface area contributed by atoms with Gasteiger partial charge in [0.15, 0.2) is 11.6 Å². The number of carbonyl (C=O) groups is 1. The Hall–Kier alpha value is -3.48. The Morgan fingerprint density at radius 2 is 1.96 bits per heavy atom. The normalized spacial score (nSPS) is 10.9. The summed E-state index contributed by atoms with van der Waals surface area (Å²) < 4.78 is 7.15. The summed E-state index contributed by atoms with van der Waals surface area (Å²) in [6.07, 6.45) is 0. The smallest absolute Gasteiger partial charge is 0.287 e. The van der Waals surface area contributed by atoms with E-state index in [9.17, 15) is 4.79 Å². The Balaban J connectivity index is 1.51. The monoisotopic (exact) mass is 333 g/mol. The standard InChI is InChI=1S/C18H15N5O2/c1-12-6-8-14(9-7-12)23-17(20-21-22-23)11-19-18(24)16-10-13-4-2-3-5-15(13)25-16/h2-10H,11H2,1H3,(H,19,24). The van der Waals surface area contributed by atoms with E-state index in [0.29, 0.717) is 11.4 Å². The van der Waals surface area contributed by atoms with Crippen LogP contribution in [0.5, 0.6) is 0 Å². The van der Waals surface area contributed by atoms with Crippen molar-refractivity contribution in [2.24, 2.45) is 0 Å². The number of amides is 1. The van der Waals surface area contributed by atoms with Crippen LogP contribution in [0.1, 0.15) is 21.9 Å². The van der Waals surface area contributed by atoms with Gasteiger partial charge in [0.2, 0.25) is 0 Å². The summed E-state index contributed by atoms with van der Waals surface area (Å²) in [6.45, 7) is 2.20. The SMILES string of the molecule is Cc1ccc(-n2nnnc2CNC(=O)c2cc3ccccc3o2)cc1. The summed E-state index contributed by atoms with van der Waals surface area (Å²) >= 11 is 0. The van der Waals surface area contributed by atoms with Gasteiger partial charge in [0, 0.05) is 5.39 Å². The second-order valence-corrected chi connectivity index (χ2v) is 5.67. The van der Waals surface area contributed by atoms with Gasteiger partial charge >= 0.3 is 0 Å². The van der Waals surface area contributed by atoms with Crippen LogP contribution < -0.4 is 5.32 Å². The van der Waals surface area contributed by atoms with Crippen LogP contribution in [0.15, 0.2) is 59.0 Å². The van der Waals surface area contributed by atoms with Gasteiger partial charge in [0.05, 0.1) is 12.2 Å². The maximum Gasteiger partial charge on any atom is 0.287 e. The molecule has 7 heteroatoms. The number of carbonyl (C=O) groups excluding carboxylic acids is 1. The van der Waals surface area contributed by atoms with Crippen LogP contribution in [-0.2, 0) is 6.54 Å². The van der Waals surface area contributed by atoms with E-state index in [1.807, 2.05) is 55.5 Å². The highest BCUT2D eigenvalue weighted by Crippen LogP contribution is 2.18. The van der Waals surface area contributed by atoms with E-state index in [-0.39, 0.29) is 18.2 Å². The third-order valence-electron chi connectivity index (χ3n) is 3.87. The van der Waals surface area contributed by atoms with Crippen molar-refractivity contribution in [1.82, 2.24) is 25.5 Å². The minimum absolute atomic E-state index is 0.191. The molecule has 4 aromatic rings. The number of hydrogen-bond donors (Lipinski definition) is 1. The molecule has 1 N–H and O–H groups in total. The quantitative estimate of drug-likeness (QED) is 0.620. The molecule has 7 nitrogen and oxygen atoms in total. The number of nitrogens with one attached hydrogen (secondary N) is 1. The number of aryl methyl sites for hydroxylation is 1. The van der Waals surface area contributed by atoms with Gasteiger partial charge in [0.25, 0.3) is 5.91 Å². The van der Waals surface area contributed by atoms with Crippen LogP contribution in [-0.4, -0.2) is 26.1 Å².